The minimum Gasteiger partial charge on any atom is -0.326 e. The maximum atomic E-state index is 12.8. The van der Waals surface area contributed by atoms with Crippen molar-refractivity contribution in [2.24, 2.45) is 0 Å². The Kier molecular flexibility index (Phi) is 6.11. The molecule has 0 aliphatic carbocycles. The second kappa shape index (κ2) is 8.52. The zero-order valence-corrected chi connectivity index (χ0v) is 16.7. The smallest absolute Gasteiger partial charge is 0.270 e. The molecule has 0 bridgehead atoms. The van der Waals surface area contributed by atoms with Crippen molar-refractivity contribution < 1.29 is 9.59 Å². The largest absolute Gasteiger partial charge is 0.326 e. The van der Waals surface area contributed by atoms with Crippen molar-refractivity contribution in [2.45, 2.75) is 6.92 Å². The van der Waals surface area contributed by atoms with Gasteiger partial charge in [-0.15, -0.1) is 0 Å². The fourth-order valence-corrected chi connectivity index (χ4v) is 4.05. The summed E-state index contributed by atoms with van der Waals surface area (Å²) in [6, 6.07) is 16.5. The third-order valence-electron chi connectivity index (χ3n) is 3.61. The number of carbonyl (C=O) groups excluding carboxylic acids is 2. The molecular weight excluding hydrogens is 400 g/mol. The zero-order valence-electron chi connectivity index (χ0n) is 14.3. The Morgan fingerprint density at radius 2 is 1.81 bits per heavy atom. The third-order valence-corrected chi connectivity index (χ3v) is 5.13. The number of thiocarbonyl (C=S) groups is 1. The average molecular weight is 415 g/mol. The van der Waals surface area contributed by atoms with Crippen LogP contribution in [0.4, 0.5) is 11.4 Å². The van der Waals surface area contributed by atoms with Gasteiger partial charge < -0.3 is 5.32 Å². The second-order valence-electron chi connectivity index (χ2n) is 5.69. The number of allylic oxidation sites excluding steroid dienone is 2. The standard InChI is InChI=1S/C20H15ClN2O2S2/c1-13(24)22-16-7-9-17(10-8-16)23-19(25)18(27-20(23)26)12-15(21)11-14-5-3-2-4-6-14/h2-12H,1H3,(H,22,24)/b15-11-,18-12-. The first-order valence-electron chi connectivity index (χ1n) is 8.02. The van der Waals surface area contributed by atoms with Crippen molar-refractivity contribution >= 4 is 69.2 Å². The maximum absolute atomic E-state index is 12.8. The summed E-state index contributed by atoms with van der Waals surface area (Å²) in [5.74, 6) is -0.381. The predicted molar refractivity (Wildman–Crippen MR) is 117 cm³/mol. The molecule has 7 heteroatoms. The normalized spacial score (nSPS) is 16.1. The van der Waals surface area contributed by atoms with Crippen LogP contribution in [0.3, 0.4) is 0 Å². The summed E-state index contributed by atoms with van der Waals surface area (Å²) in [5.41, 5.74) is 2.24. The van der Waals surface area contributed by atoms with Crippen LogP contribution in [0.15, 0.2) is 70.6 Å². The van der Waals surface area contributed by atoms with Gasteiger partial charge in [-0.2, -0.15) is 0 Å². The number of rotatable bonds is 4. The molecule has 1 N–H and O–H groups in total. The highest BCUT2D eigenvalue weighted by Crippen LogP contribution is 2.36. The van der Waals surface area contributed by atoms with E-state index in [-0.39, 0.29) is 11.8 Å². The molecule has 0 aromatic heterocycles. The van der Waals surface area contributed by atoms with Gasteiger partial charge in [0, 0.05) is 17.6 Å². The number of amides is 2. The molecule has 0 saturated carbocycles. The Hall–Kier alpha value is -2.41. The third kappa shape index (κ3) is 4.86. The highest BCUT2D eigenvalue weighted by molar-refractivity contribution is 8.27. The Morgan fingerprint density at radius 3 is 2.44 bits per heavy atom. The summed E-state index contributed by atoms with van der Waals surface area (Å²) in [6.45, 7) is 1.44. The van der Waals surface area contributed by atoms with Gasteiger partial charge in [0.05, 0.1) is 10.6 Å². The molecule has 1 fully saturated rings. The number of benzene rings is 2. The van der Waals surface area contributed by atoms with Crippen LogP contribution < -0.4 is 10.2 Å². The van der Waals surface area contributed by atoms with E-state index in [9.17, 15) is 9.59 Å². The van der Waals surface area contributed by atoms with Crippen molar-refractivity contribution in [1.82, 2.24) is 0 Å². The topological polar surface area (TPSA) is 49.4 Å². The first-order chi connectivity index (χ1) is 12.9. The van der Waals surface area contributed by atoms with Gasteiger partial charge in [0.1, 0.15) is 0 Å². The molecule has 0 radical (unpaired) electrons. The molecule has 3 rings (SSSR count). The number of thioether (sulfide) groups is 1. The molecule has 4 nitrogen and oxygen atoms in total. The van der Waals surface area contributed by atoms with Crippen molar-refractivity contribution in [1.29, 1.82) is 0 Å². The van der Waals surface area contributed by atoms with Crippen LogP contribution >= 0.6 is 35.6 Å². The first kappa shape index (κ1) is 19.4. The number of anilines is 2. The van der Waals surface area contributed by atoms with E-state index in [1.165, 1.54) is 23.6 Å². The van der Waals surface area contributed by atoms with Gasteiger partial charge >= 0.3 is 0 Å². The summed E-state index contributed by atoms with van der Waals surface area (Å²) in [5, 5.41) is 3.13. The number of carbonyl (C=O) groups is 2. The Morgan fingerprint density at radius 1 is 1.15 bits per heavy atom. The molecule has 0 atom stereocenters. The summed E-state index contributed by atoms with van der Waals surface area (Å²) in [6.07, 6.45) is 3.41. The molecule has 2 aromatic carbocycles. The van der Waals surface area contributed by atoms with Crippen LogP contribution in [-0.2, 0) is 9.59 Å². The van der Waals surface area contributed by atoms with Gasteiger partial charge in [0.15, 0.2) is 4.32 Å². The van der Waals surface area contributed by atoms with Crippen molar-refractivity contribution in [2.75, 3.05) is 10.2 Å². The van der Waals surface area contributed by atoms with E-state index in [0.29, 0.717) is 25.6 Å². The minimum atomic E-state index is -0.225. The predicted octanol–water partition coefficient (Wildman–Crippen LogP) is 5.17. The van der Waals surface area contributed by atoms with Gasteiger partial charge in [-0.1, -0.05) is 65.9 Å². The molecule has 27 heavy (non-hydrogen) atoms. The second-order valence-corrected chi connectivity index (χ2v) is 7.80. The molecule has 2 amide bonds. The monoisotopic (exact) mass is 414 g/mol. The van der Waals surface area contributed by atoms with E-state index in [0.717, 1.165) is 5.56 Å². The van der Waals surface area contributed by atoms with Gasteiger partial charge in [-0.3, -0.25) is 14.5 Å². The lowest BCUT2D eigenvalue weighted by Gasteiger charge is -2.15. The quantitative estimate of drug-likeness (QED) is 0.553. The van der Waals surface area contributed by atoms with E-state index in [2.05, 4.69) is 5.32 Å². The van der Waals surface area contributed by atoms with E-state index in [1.54, 1.807) is 36.4 Å². The highest BCUT2D eigenvalue weighted by atomic mass is 35.5. The maximum Gasteiger partial charge on any atom is 0.270 e. The van der Waals surface area contributed by atoms with Gasteiger partial charge in [0.2, 0.25) is 5.91 Å². The van der Waals surface area contributed by atoms with Crippen molar-refractivity contribution in [3.05, 3.63) is 76.2 Å². The molecular formula is C20H15ClN2O2S2. The number of hydrogen-bond donors (Lipinski definition) is 1. The molecule has 1 heterocycles. The van der Waals surface area contributed by atoms with Gasteiger partial charge in [0.25, 0.3) is 5.91 Å². The Labute approximate surface area is 171 Å². The number of halogens is 1. The Balaban J connectivity index is 1.80. The molecule has 1 aliphatic rings. The summed E-state index contributed by atoms with van der Waals surface area (Å²) in [4.78, 5) is 25.8. The van der Waals surface area contributed by atoms with Crippen LogP contribution in [0.2, 0.25) is 0 Å². The molecule has 136 valence electrons. The van der Waals surface area contributed by atoms with Gasteiger partial charge in [-0.25, -0.2) is 0 Å². The zero-order chi connectivity index (χ0) is 19.4. The summed E-state index contributed by atoms with van der Waals surface area (Å²) >= 11 is 12.8. The highest BCUT2D eigenvalue weighted by Gasteiger charge is 2.33. The van der Waals surface area contributed by atoms with Crippen LogP contribution in [0.25, 0.3) is 6.08 Å². The van der Waals surface area contributed by atoms with Crippen molar-refractivity contribution in [3.63, 3.8) is 0 Å². The Bertz CT molecular complexity index is 954. The average Bonchev–Trinajstić information content (AvgIpc) is 2.89. The van der Waals surface area contributed by atoms with E-state index in [4.69, 9.17) is 23.8 Å². The van der Waals surface area contributed by atoms with Gasteiger partial charge in [-0.05, 0) is 42.0 Å². The number of nitrogens with zero attached hydrogens (tertiary/aromatic N) is 1. The summed E-state index contributed by atoms with van der Waals surface area (Å²) < 4.78 is 0.433. The molecule has 0 unspecified atom stereocenters. The lowest BCUT2D eigenvalue weighted by atomic mass is 10.2. The SMILES string of the molecule is CC(=O)Nc1ccc(N2C(=O)/C(=C/C(Cl)=C/c3ccccc3)SC2=S)cc1. The van der Waals surface area contributed by atoms with Crippen LogP contribution in [0, 0.1) is 0 Å². The van der Waals surface area contributed by atoms with Crippen LogP contribution in [-0.4, -0.2) is 16.1 Å². The fraction of sp³-hybridized carbons (Fsp3) is 0.0500. The van der Waals surface area contributed by atoms with Crippen molar-refractivity contribution in [3.8, 4) is 0 Å². The molecule has 1 aliphatic heterocycles. The fourth-order valence-electron chi connectivity index (χ4n) is 2.46. The van der Waals surface area contributed by atoms with Crippen LogP contribution in [0.1, 0.15) is 12.5 Å². The minimum absolute atomic E-state index is 0.156. The molecule has 1 saturated heterocycles. The first-order valence-corrected chi connectivity index (χ1v) is 9.62. The lowest BCUT2D eigenvalue weighted by molar-refractivity contribution is -0.114. The van der Waals surface area contributed by atoms with E-state index >= 15 is 0 Å². The summed E-state index contributed by atoms with van der Waals surface area (Å²) in [7, 11) is 0. The van der Waals surface area contributed by atoms with E-state index in [1.807, 2.05) is 30.3 Å². The molecule has 0 spiro atoms. The number of hydrogen-bond acceptors (Lipinski definition) is 4. The lowest BCUT2D eigenvalue weighted by Crippen LogP contribution is -2.27. The molecule has 2 aromatic rings. The van der Waals surface area contributed by atoms with E-state index < -0.39 is 0 Å². The van der Waals surface area contributed by atoms with Crippen LogP contribution in [0.5, 0.6) is 0 Å². The number of nitrogens with one attached hydrogen (secondary N) is 1.